The van der Waals surface area contributed by atoms with Crippen LogP contribution in [0.5, 0.6) is 0 Å². The molecule has 0 aliphatic rings. The fraction of sp³-hybridized carbons (Fsp3) is 0.400. The Labute approximate surface area is 60.2 Å². The van der Waals surface area contributed by atoms with Crippen molar-refractivity contribution >= 4 is 0 Å². The SMILES string of the molecule is Cc1[c-]oc(C)n1.[V]. The predicted octanol–water partition coefficient (Wildman–Crippen LogP) is 1.09. The molecule has 0 bridgehead atoms. The quantitative estimate of drug-likeness (QED) is 0.513. The predicted molar refractivity (Wildman–Crippen MR) is 24.8 cm³/mol. The van der Waals surface area contributed by atoms with Crippen LogP contribution in [0.2, 0.25) is 0 Å². The Kier molecular flexibility index (Phi) is 2.87. The first-order chi connectivity index (χ1) is 3.29. The molecule has 0 saturated carbocycles. The summed E-state index contributed by atoms with van der Waals surface area (Å²) in [6.07, 6.45) is 2.58. The Morgan fingerprint density at radius 3 is 2.25 bits per heavy atom. The van der Waals surface area contributed by atoms with Crippen LogP contribution < -0.4 is 0 Å². The third-order valence-electron chi connectivity index (χ3n) is 0.672. The molecular formula is C5H6NOV-. The minimum atomic E-state index is 0. The topological polar surface area (TPSA) is 26.0 Å². The van der Waals surface area contributed by atoms with Gasteiger partial charge in [0.1, 0.15) is 0 Å². The molecule has 1 rings (SSSR count). The van der Waals surface area contributed by atoms with E-state index >= 15 is 0 Å². The van der Waals surface area contributed by atoms with Gasteiger partial charge in [-0.15, -0.1) is 0 Å². The minimum Gasteiger partial charge on any atom is -0.630 e. The first-order valence-corrected chi connectivity index (χ1v) is 2.11. The van der Waals surface area contributed by atoms with Crippen LogP contribution in [0.25, 0.3) is 0 Å². The number of rotatable bonds is 0. The molecule has 3 heteroatoms. The fourth-order valence-electron chi connectivity index (χ4n) is 0.430. The smallest absolute Gasteiger partial charge is 0.0308 e. The van der Waals surface area contributed by atoms with Gasteiger partial charge in [0.25, 0.3) is 0 Å². The number of aryl methyl sites for hydroxylation is 2. The van der Waals surface area contributed by atoms with Crippen LogP contribution in [0.4, 0.5) is 0 Å². The maximum Gasteiger partial charge on any atom is 0.0308 e. The van der Waals surface area contributed by atoms with Crippen LogP contribution in [0.1, 0.15) is 11.6 Å². The molecule has 0 saturated heterocycles. The average molecular weight is 147 g/mol. The van der Waals surface area contributed by atoms with Gasteiger partial charge in [-0.05, 0) is 12.6 Å². The minimum absolute atomic E-state index is 0. The van der Waals surface area contributed by atoms with Gasteiger partial charge in [0.2, 0.25) is 0 Å². The molecule has 0 aliphatic carbocycles. The van der Waals surface area contributed by atoms with Gasteiger partial charge in [-0.1, -0.05) is 13.2 Å². The summed E-state index contributed by atoms with van der Waals surface area (Å²) in [6, 6.07) is 0. The van der Waals surface area contributed by atoms with E-state index in [1.54, 1.807) is 6.92 Å². The van der Waals surface area contributed by atoms with Gasteiger partial charge in [0.15, 0.2) is 0 Å². The van der Waals surface area contributed by atoms with E-state index in [2.05, 4.69) is 11.2 Å². The average Bonchev–Trinajstić information content (AvgIpc) is 1.87. The van der Waals surface area contributed by atoms with Crippen molar-refractivity contribution in [3.05, 3.63) is 17.8 Å². The van der Waals surface area contributed by atoms with Crippen LogP contribution >= 0.6 is 0 Å². The Hall–Kier alpha value is -0.206. The van der Waals surface area contributed by atoms with Crippen LogP contribution in [-0.4, -0.2) is 4.98 Å². The zero-order valence-corrected chi connectivity index (χ0v) is 6.20. The molecule has 0 fully saturated rings. The van der Waals surface area contributed by atoms with Gasteiger partial charge in [0.05, 0.1) is 0 Å². The second-order valence-corrected chi connectivity index (χ2v) is 1.42. The van der Waals surface area contributed by atoms with Crippen LogP contribution in [0.15, 0.2) is 4.42 Å². The van der Waals surface area contributed by atoms with Crippen molar-refractivity contribution in [2.45, 2.75) is 13.8 Å². The molecule has 1 heterocycles. The first-order valence-electron chi connectivity index (χ1n) is 2.11. The second-order valence-electron chi connectivity index (χ2n) is 1.42. The van der Waals surface area contributed by atoms with Crippen molar-refractivity contribution in [1.29, 1.82) is 0 Å². The molecule has 0 unspecified atom stereocenters. The van der Waals surface area contributed by atoms with Gasteiger partial charge in [0, 0.05) is 24.4 Å². The van der Waals surface area contributed by atoms with Crippen molar-refractivity contribution in [3.8, 4) is 0 Å². The van der Waals surface area contributed by atoms with Gasteiger partial charge in [-0.2, -0.15) is 0 Å². The molecule has 2 nitrogen and oxygen atoms in total. The normalized spacial score (nSPS) is 8.25. The van der Waals surface area contributed by atoms with E-state index < -0.39 is 0 Å². The zero-order chi connectivity index (χ0) is 5.28. The van der Waals surface area contributed by atoms with E-state index in [4.69, 9.17) is 4.42 Å². The summed E-state index contributed by atoms with van der Waals surface area (Å²) < 4.78 is 4.73. The maximum atomic E-state index is 4.73. The molecule has 0 N–H and O–H groups in total. The molecule has 1 aromatic heterocycles. The van der Waals surface area contributed by atoms with Crippen molar-refractivity contribution in [3.63, 3.8) is 0 Å². The van der Waals surface area contributed by atoms with E-state index in [0.29, 0.717) is 5.89 Å². The number of hydrogen-bond acceptors (Lipinski definition) is 2. The second kappa shape index (κ2) is 2.95. The summed E-state index contributed by atoms with van der Waals surface area (Å²) in [5.74, 6) is 0.678. The van der Waals surface area contributed by atoms with Crippen LogP contribution in [0.3, 0.4) is 0 Å². The summed E-state index contributed by atoms with van der Waals surface area (Å²) in [4.78, 5) is 3.89. The van der Waals surface area contributed by atoms with Crippen molar-refractivity contribution in [2.24, 2.45) is 0 Å². The molecular weight excluding hydrogens is 141 g/mol. The summed E-state index contributed by atoms with van der Waals surface area (Å²) in [6.45, 7) is 3.64. The first kappa shape index (κ1) is 7.79. The van der Waals surface area contributed by atoms with Crippen molar-refractivity contribution in [1.82, 2.24) is 4.98 Å². The Bertz CT molecular complexity index is 145. The Morgan fingerprint density at radius 1 is 1.50 bits per heavy atom. The molecule has 8 heavy (non-hydrogen) atoms. The summed E-state index contributed by atoms with van der Waals surface area (Å²) in [7, 11) is 0. The van der Waals surface area contributed by atoms with E-state index in [1.807, 2.05) is 6.92 Å². The van der Waals surface area contributed by atoms with Gasteiger partial charge in [-0.25, -0.2) is 0 Å². The van der Waals surface area contributed by atoms with Gasteiger partial charge in [-0.3, -0.25) is 0 Å². The monoisotopic (exact) mass is 147 g/mol. The molecule has 0 spiro atoms. The maximum absolute atomic E-state index is 4.73. The van der Waals surface area contributed by atoms with E-state index in [1.165, 1.54) is 0 Å². The Balaban J connectivity index is 0.000000490. The van der Waals surface area contributed by atoms with E-state index in [9.17, 15) is 0 Å². The Morgan fingerprint density at radius 2 is 2.12 bits per heavy atom. The molecule has 1 radical (unpaired) electrons. The molecule has 1 aromatic rings. The van der Waals surface area contributed by atoms with E-state index in [-0.39, 0.29) is 18.6 Å². The molecule has 0 aromatic carbocycles. The molecule has 43 valence electrons. The van der Waals surface area contributed by atoms with Crippen LogP contribution in [-0.2, 0) is 18.6 Å². The number of aromatic nitrogens is 1. The number of hydrogen-bond donors (Lipinski definition) is 0. The third-order valence-corrected chi connectivity index (χ3v) is 0.672. The molecule has 0 atom stereocenters. The van der Waals surface area contributed by atoms with Crippen LogP contribution in [0, 0.1) is 20.1 Å². The number of nitrogens with zero attached hydrogens (tertiary/aromatic N) is 1. The zero-order valence-electron chi connectivity index (χ0n) is 4.80. The summed E-state index contributed by atoms with van der Waals surface area (Å²) in [5, 5.41) is 0. The largest absolute Gasteiger partial charge is 0.630 e. The number of oxazole rings is 1. The molecule has 0 amide bonds. The summed E-state index contributed by atoms with van der Waals surface area (Å²) in [5.41, 5.74) is 0.817. The fourth-order valence-corrected chi connectivity index (χ4v) is 0.430. The van der Waals surface area contributed by atoms with Crippen molar-refractivity contribution < 1.29 is 23.0 Å². The van der Waals surface area contributed by atoms with Gasteiger partial charge >= 0.3 is 0 Å². The van der Waals surface area contributed by atoms with E-state index in [0.717, 1.165) is 5.69 Å². The van der Waals surface area contributed by atoms with Gasteiger partial charge < -0.3 is 9.40 Å². The summed E-state index contributed by atoms with van der Waals surface area (Å²) >= 11 is 0. The standard InChI is InChI=1S/C5H6NO.V/c1-4-3-7-5(2)6-4;/h1-2H3;/q-1;. The van der Waals surface area contributed by atoms with Crippen molar-refractivity contribution in [2.75, 3.05) is 0 Å². The third kappa shape index (κ3) is 1.72. The molecule has 0 aliphatic heterocycles.